The van der Waals surface area contributed by atoms with Crippen LogP contribution in [0.5, 0.6) is 0 Å². The highest BCUT2D eigenvalue weighted by Crippen LogP contribution is 2.22. The summed E-state index contributed by atoms with van der Waals surface area (Å²) in [6, 6.07) is 9.92. The van der Waals surface area contributed by atoms with Crippen molar-refractivity contribution in [2.75, 3.05) is 13.1 Å². The van der Waals surface area contributed by atoms with E-state index in [-0.39, 0.29) is 17.6 Å². The smallest absolute Gasteiger partial charge is 0.254 e. The SMILES string of the molecule is Cc1cc(C)n(Cc2ccc(C(=O)N3C[C@H](C)OC(C)(C)C3)cc2)n1. The minimum atomic E-state index is -0.303. The lowest BCUT2D eigenvalue weighted by atomic mass is 10.0. The van der Waals surface area contributed by atoms with Crippen LogP contribution in [0, 0.1) is 13.8 Å². The Morgan fingerprint density at radius 2 is 1.96 bits per heavy atom. The van der Waals surface area contributed by atoms with E-state index in [9.17, 15) is 4.79 Å². The van der Waals surface area contributed by atoms with Crippen LogP contribution in [0.25, 0.3) is 0 Å². The molecule has 0 radical (unpaired) electrons. The summed E-state index contributed by atoms with van der Waals surface area (Å²) >= 11 is 0. The summed E-state index contributed by atoms with van der Waals surface area (Å²) in [5.74, 6) is 0.0703. The number of benzene rings is 1. The van der Waals surface area contributed by atoms with Gasteiger partial charge in [0.05, 0.1) is 23.9 Å². The monoisotopic (exact) mass is 341 g/mol. The van der Waals surface area contributed by atoms with Crippen molar-refractivity contribution in [2.24, 2.45) is 0 Å². The third-order valence-electron chi connectivity index (χ3n) is 4.49. The lowest BCUT2D eigenvalue weighted by Crippen LogP contribution is -2.53. The van der Waals surface area contributed by atoms with Crippen LogP contribution in [-0.2, 0) is 11.3 Å². The number of hydrogen-bond donors (Lipinski definition) is 0. The summed E-state index contributed by atoms with van der Waals surface area (Å²) < 4.78 is 7.87. The Balaban J connectivity index is 1.71. The van der Waals surface area contributed by atoms with Crippen molar-refractivity contribution in [3.05, 3.63) is 52.8 Å². The number of morpholine rings is 1. The number of carbonyl (C=O) groups excluding carboxylic acids is 1. The predicted molar refractivity (Wildman–Crippen MR) is 97.8 cm³/mol. The quantitative estimate of drug-likeness (QED) is 0.861. The van der Waals surface area contributed by atoms with Gasteiger partial charge >= 0.3 is 0 Å². The number of nitrogens with zero attached hydrogens (tertiary/aromatic N) is 3. The van der Waals surface area contributed by atoms with Gasteiger partial charge < -0.3 is 9.64 Å². The van der Waals surface area contributed by atoms with Gasteiger partial charge in [-0.2, -0.15) is 5.10 Å². The maximum atomic E-state index is 12.8. The Morgan fingerprint density at radius 3 is 2.52 bits per heavy atom. The second-order valence-electron chi connectivity index (χ2n) is 7.66. The van der Waals surface area contributed by atoms with Crippen molar-refractivity contribution in [3.63, 3.8) is 0 Å². The van der Waals surface area contributed by atoms with Gasteiger partial charge in [-0.25, -0.2) is 0 Å². The topological polar surface area (TPSA) is 47.4 Å². The molecule has 2 aromatic rings. The number of hydrogen-bond acceptors (Lipinski definition) is 3. The first-order valence-electron chi connectivity index (χ1n) is 8.80. The van der Waals surface area contributed by atoms with E-state index < -0.39 is 0 Å². The van der Waals surface area contributed by atoms with E-state index in [0.717, 1.165) is 29.1 Å². The number of ether oxygens (including phenoxy) is 1. The summed E-state index contributed by atoms with van der Waals surface area (Å²) in [5, 5.41) is 4.49. The molecule has 25 heavy (non-hydrogen) atoms. The molecule has 1 aromatic carbocycles. The normalized spacial score (nSPS) is 19.9. The van der Waals surface area contributed by atoms with E-state index in [1.807, 2.05) is 61.5 Å². The molecule has 1 aliphatic heterocycles. The molecule has 1 fully saturated rings. The number of aryl methyl sites for hydroxylation is 2. The molecule has 0 saturated carbocycles. The fourth-order valence-corrected chi connectivity index (χ4v) is 3.55. The van der Waals surface area contributed by atoms with Gasteiger partial charge in [0.1, 0.15) is 0 Å². The lowest BCUT2D eigenvalue weighted by Gasteiger charge is -2.41. The van der Waals surface area contributed by atoms with Crippen molar-refractivity contribution in [2.45, 2.75) is 52.9 Å². The highest BCUT2D eigenvalue weighted by molar-refractivity contribution is 5.94. The number of rotatable bonds is 3. The largest absolute Gasteiger partial charge is 0.369 e. The summed E-state index contributed by atoms with van der Waals surface area (Å²) in [5.41, 5.74) is 3.72. The zero-order valence-corrected chi connectivity index (χ0v) is 15.7. The summed E-state index contributed by atoms with van der Waals surface area (Å²) in [4.78, 5) is 14.7. The number of aromatic nitrogens is 2. The first-order valence-corrected chi connectivity index (χ1v) is 8.80. The maximum Gasteiger partial charge on any atom is 0.254 e. The van der Waals surface area contributed by atoms with Gasteiger partial charge in [-0.1, -0.05) is 12.1 Å². The predicted octanol–water partition coefficient (Wildman–Crippen LogP) is 3.19. The molecule has 0 unspecified atom stereocenters. The minimum absolute atomic E-state index is 0.0537. The molecule has 0 N–H and O–H groups in total. The fraction of sp³-hybridized carbons (Fsp3) is 0.500. The Kier molecular flexibility index (Phi) is 4.69. The molecule has 1 atom stereocenters. The maximum absolute atomic E-state index is 12.8. The van der Waals surface area contributed by atoms with Gasteiger partial charge in [-0.05, 0) is 58.4 Å². The molecular weight excluding hydrogens is 314 g/mol. The van der Waals surface area contributed by atoms with Gasteiger partial charge in [0.15, 0.2) is 0 Å². The standard InChI is InChI=1S/C20H27N3O2/c1-14-10-15(2)23(21-14)12-17-6-8-18(9-7-17)19(24)22-11-16(3)25-20(4,5)13-22/h6-10,16H,11-13H2,1-5H3/t16-/m0/s1. The van der Waals surface area contributed by atoms with Crippen LogP contribution in [0.15, 0.2) is 30.3 Å². The molecule has 1 amide bonds. The Morgan fingerprint density at radius 1 is 1.28 bits per heavy atom. The van der Waals surface area contributed by atoms with Crippen LogP contribution in [0.3, 0.4) is 0 Å². The van der Waals surface area contributed by atoms with Gasteiger partial charge in [0.25, 0.3) is 5.91 Å². The van der Waals surface area contributed by atoms with Gasteiger partial charge in [0, 0.05) is 24.3 Å². The molecule has 2 heterocycles. The molecule has 0 bridgehead atoms. The van der Waals surface area contributed by atoms with Crippen molar-refractivity contribution < 1.29 is 9.53 Å². The van der Waals surface area contributed by atoms with E-state index in [1.165, 1.54) is 0 Å². The van der Waals surface area contributed by atoms with Crippen molar-refractivity contribution in [1.82, 2.24) is 14.7 Å². The van der Waals surface area contributed by atoms with E-state index >= 15 is 0 Å². The second-order valence-corrected chi connectivity index (χ2v) is 7.66. The minimum Gasteiger partial charge on any atom is -0.369 e. The summed E-state index contributed by atoms with van der Waals surface area (Å²) in [6.45, 7) is 12.1. The van der Waals surface area contributed by atoms with Crippen LogP contribution < -0.4 is 0 Å². The van der Waals surface area contributed by atoms with Gasteiger partial charge in [0.2, 0.25) is 0 Å². The van der Waals surface area contributed by atoms with E-state index in [0.29, 0.717) is 13.1 Å². The van der Waals surface area contributed by atoms with Crippen LogP contribution >= 0.6 is 0 Å². The highest BCUT2D eigenvalue weighted by atomic mass is 16.5. The van der Waals surface area contributed by atoms with Crippen molar-refractivity contribution in [3.8, 4) is 0 Å². The van der Waals surface area contributed by atoms with Crippen LogP contribution in [0.4, 0.5) is 0 Å². The summed E-state index contributed by atoms with van der Waals surface area (Å²) in [7, 11) is 0. The second kappa shape index (κ2) is 6.64. The first kappa shape index (κ1) is 17.7. The van der Waals surface area contributed by atoms with E-state index in [2.05, 4.69) is 18.1 Å². The molecule has 5 heteroatoms. The lowest BCUT2D eigenvalue weighted by molar-refractivity contribution is -0.118. The van der Waals surface area contributed by atoms with Crippen LogP contribution in [0.1, 0.15) is 48.1 Å². The molecular formula is C20H27N3O2. The highest BCUT2D eigenvalue weighted by Gasteiger charge is 2.33. The molecule has 0 aliphatic carbocycles. The van der Waals surface area contributed by atoms with Gasteiger partial charge in [-0.15, -0.1) is 0 Å². The average Bonchev–Trinajstić information content (AvgIpc) is 2.83. The van der Waals surface area contributed by atoms with E-state index in [4.69, 9.17) is 4.74 Å². The van der Waals surface area contributed by atoms with Gasteiger partial charge in [-0.3, -0.25) is 9.48 Å². The van der Waals surface area contributed by atoms with Crippen molar-refractivity contribution in [1.29, 1.82) is 0 Å². The number of carbonyl (C=O) groups is 1. The first-order chi connectivity index (χ1) is 11.7. The zero-order valence-electron chi connectivity index (χ0n) is 15.7. The Hall–Kier alpha value is -2.14. The molecule has 1 aromatic heterocycles. The van der Waals surface area contributed by atoms with Crippen molar-refractivity contribution >= 4 is 5.91 Å². The van der Waals surface area contributed by atoms with E-state index in [1.54, 1.807) is 0 Å². The third-order valence-corrected chi connectivity index (χ3v) is 4.49. The zero-order chi connectivity index (χ0) is 18.2. The molecule has 1 saturated heterocycles. The average molecular weight is 341 g/mol. The molecule has 5 nitrogen and oxygen atoms in total. The Labute approximate surface area is 149 Å². The molecule has 134 valence electrons. The number of amides is 1. The summed E-state index contributed by atoms with van der Waals surface area (Å²) in [6.07, 6.45) is 0.0537. The Bertz CT molecular complexity index is 762. The van der Waals surface area contributed by atoms with Crippen LogP contribution in [-0.4, -0.2) is 45.4 Å². The third kappa shape index (κ3) is 4.10. The van der Waals surface area contributed by atoms with Crippen LogP contribution in [0.2, 0.25) is 0 Å². The fourth-order valence-electron chi connectivity index (χ4n) is 3.55. The molecule has 1 aliphatic rings. The molecule has 0 spiro atoms. The molecule has 3 rings (SSSR count).